The number of furan rings is 1. The monoisotopic (exact) mass is 389 g/mol. The summed E-state index contributed by atoms with van der Waals surface area (Å²) >= 11 is 0. The number of amides is 1. The third-order valence-corrected chi connectivity index (χ3v) is 3.72. The molecule has 1 N–H and O–H groups in total. The standard InChI is InChI=1S/C19H19NO8/c1-10-7-14(11(2)28-10)19(24)27-9-16(21)20-15-8-12(17(22)25-3)5-6-13(15)18(23)26-4/h5-8H,9H2,1-4H3,(H,20,21). The van der Waals surface area contributed by atoms with Crippen LogP contribution in [0.3, 0.4) is 0 Å². The van der Waals surface area contributed by atoms with E-state index in [1.807, 2.05) is 0 Å². The second kappa shape index (κ2) is 8.85. The van der Waals surface area contributed by atoms with Crippen LogP contribution in [-0.2, 0) is 19.0 Å². The van der Waals surface area contributed by atoms with Crippen LogP contribution in [0.25, 0.3) is 0 Å². The van der Waals surface area contributed by atoms with Crippen LogP contribution in [0.1, 0.15) is 42.6 Å². The minimum atomic E-state index is -0.721. The number of benzene rings is 1. The average Bonchev–Trinajstić information content (AvgIpc) is 3.02. The Hall–Kier alpha value is -3.62. The van der Waals surface area contributed by atoms with Gasteiger partial charge in [0.15, 0.2) is 6.61 Å². The molecule has 0 saturated carbocycles. The average molecular weight is 389 g/mol. The summed E-state index contributed by atoms with van der Waals surface area (Å²) in [4.78, 5) is 47.8. The molecule has 1 aromatic heterocycles. The smallest absolute Gasteiger partial charge is 0.342 e. The molecule has 2 rings (SSSR count). The van der Waals surface area contributed by atoms with E-state index in [1.165, 1.54) is 38.5 Å². The van der Waals surface area contributed by atoms with Crippen molar-refractivity contribution in [3.63, 3.8) is 0 Å². The van der Waals surface area contributed by atoms with Gasteiger partial charge in [-0.05, 0) is 38.1 Å². The minimum absolute atomic E-state index is 0.0196. The Balaban J connectivity index is 2.13. The maximum Gasteiger partial charge on any atom is 0.342 e. The summed E-state index contributed by atoms with van der Waals surface area (Å²) in [5.74, 6) is -1.88. The van der Waals surface area contributed by atoms with Crippen LogP contribution >= 0.6 is 0 Å². The number of ether oxygens (including phenoxy) is 3. The Morgan fingerprint density at radius 2 is 1.61 bits per heavy atom. The quantitative estimate of drug-likeness (QED) is 0.590. The van der Waals surface area contributed by atoms with Crippen LogP contribution in [-0.4, -0.2) is 44.6 Å². The second-order valence-electron chi connectivity index (χ2n) is 5.69. The van der Waals surface area contributed by atoms with Gasteiger partial charge in [0.05, 0.1) is 31.0 Å². The van der Waals surface area contributed by atoms with Gasteiger partial charge in [0, 0.05) is 0 Å². The SMILES string of the molecule is COC(=O)c1ccc(C(=O)OC)c(NC(=O)COC(=O)c2cc(C)oc2C)c1. The zero-order valence-corrected chi connectivity index (χ0v) is 15.8. The van der Waals surface area contributed by atoms with Gasteiger partial charge in [0.25, 0.3) is 5.91 Å². The number of rotatable bonds is 6. The molecule has 0 unspecified atom stereocenters. The van der Waals surface area contributed by atoms with Gasteiger partial charge in [-0.1, -0.05) is 0 Å². The largest absolute Gasteiger partial charge is 0.466 e. The Kier molecular flexibility index (Phi) is 6.54. The number of carbonyl (C=O) groups is 4. The van der Waals surface area contributed by atoms with Gasteiger partial charge in [0.2, 0.25) is 0 Å². The van der Waals surface area contributed by atoms with Gasteiger partial charge in [0.1, 0.15) is 17.1 Å². The molecular formula is C19H19NO8. The van der Waals surface area contributed by atoms with E-state index in [2.05, 4.69) is 14.8 Å². The molecular weight excluding hydrogens is 370 g/mol. The van der Waals surface area contributed by atoms with Crippen LogP contribution in [0.4, 0.5) is 5.69 Å². The van der Waals surface area contributed by atoms with Gasteiger partial charge in [-0.3, -0.25) is 4.79 Å². The molecule has 9 nitrogen and oxygen atoms in total. The predicted molar refractivity (Wildman–Crippen MR) is 96.2 cm³/mol. The summed E-state index contributed by atoms with van der Waals surface area (Å²) < 4.78 is 19.5. The van der Waals surface area contributed by atoms with Gasteiger partial charge >= 0.3 is 17.9 Å². The second-order valence-corrected chi connectivity index (χ2v) is 5.69. The number of hydrogen-bond acceptors (Lipinski definition) is 8. The van der Waals surface area contributed by atoms with Crippen molar-refractivity contribution in [2.24, 2.45) is 0 Å². The molecule has 0 spiro atoms. The fourth-order valence-electron chi connectivity index (χ4n) is 2.41. The summed E-state index contributed by atoms with van der Waals surface area (Å²) in [5, 5.41) is 2.42. The number of anilines is 1. The first kappa shape index (κ1) is 20.7. The van der Waals surface area contributed by atoms with Crippen molar-refractivity contribution in [2.45, 2.75) is 13.8 Å². The maximum atomic E-state index is 12.2. The molecule has 1 aromatic carbocycles. The summed E-state index contributed by atoms with van der Waals surface area (Å²) in [6, 6.07) is 5.45. The summed E-state index contributed by atoms with van der Waals surface area (Å²) in [5.41, 5.74) is 0.377. The van der Waals surface area contributed by atoms with E-state index in [4.69, 9.17) is 9.15 Å². The molecule has 0 aliphatic heterocycles. The fourth-order valence-corrected chi connectivity index (χ4v) is 2.41. The highest BCUT2D eigenvalue weighted by atomic mass is 16.5. The topological polar surface area (TPSA) is 121 Å². The predicted octanol–water partition coefficient (Wildman–Crippen LogP) is 2.27. The molecule has 0 radical (unpaired) electrons. The van der Waals surface area contributed by atoms with E-state index in [0.717, 1.165) is 0 Å². The van der Waals surface area contributed by atoms with E-state index < -0.39 is 30.4 Å². The Labute approximate surface area is 160 Å². The normalized spacial score (nSPS) is 10.1. The highest BCUT2D eigenvalue weighted by Gasteiger charge is 2.19. The molecule has 0 aliphatic rings. The molecule has 2 aromatic rings. The van der Waals surface area contributed by atoms with Crippen LogP contribution in [0, 0.1) is 13.8 Å². The van der Waals surface area contributed by atoms with Crippen LogP contribution < -0.4 is 5.32 Å². The van der Waals surface area contributed by atoms with Gasteiger partial charge in [-0.2, -0.15) is 0 Å². The van der Waals surface area contributed by atoms with Crippen molar-refractivity contribution in [3.8, 4) is 0 Å². The lowest BCUT2D eigenvalue weighted by molar-refractivity contribution is -0.119. The van der Waals surface area contributed by atoms with E-state index in [9.17, 15) is 19.2 Å². The highest BCUT2D eigenvalue weighted by molar-refractivity contribution is 6.04. The van der Waals surface area contributed by atoms with Crippen molar-refractivity contribution in [3.05, 3.63) is 52.5 Å². The van der Waals surface area contributed by atoms with E-state index in [-0.39, 0.29) is 22.4 Å². The van der Waals surface area contributed by atoms with E-state index in [0.29, 0.717) is 11.5 Å². The van der Waals surface area contributed by atoms with Crippen LogP contribution in [0.2, 0.25) is 0 Å². The Morgan fingerprint density at radius 1 is 0.929 bits per heavy atom. The molecule has 1 heterocycles. The first-order valence-corrected chi connectivity index (χ1v) is 8.11. The molecule has 1 amide bonds. The number of aryl methyl sites for hydroxylation is 2. The zero-order valence-electron chi connectivity index (χ0n) is 15.8. The number of carbonyl (C=O) groups excluding carboxylic acids is 4. The molecule has 148 valence electrons. The minimum Gasteiger partial charge on any atom is -0.466 e. The maximum absolute atomic E-state index is 12.2. The van der Waals surface area contributed by atoms with Gasteiger partial charge in [-0.15, -0.1) is 0 Å². The number of esters is 3. The number of hydrogen-bond donors (Lipinski definition) is 1. The van der Waals surface area contributed by atoms with Crippen LogP contribution in [0.5, 0.6) is 0 Å². The van der Waals surface area contributed by atoms with Crippen molar-refractivity contribution >= 4 is 29.5 Å². The lowest BCUT2D eigenvalue weighted by Crippen LogP contribution is -2.22. The molecule has 0 atom stereocenters. The molecule has 28 heavy (non-hydrogen) atoms. The van der Waals surface area contributed by atoms with Crippen molar-refractivity contribution in [2.75, 3.05) is 26.1 Å². The lowest BCUT2D eigenvalue weighted by atomic mass is 10.1. The number of methoxy groups -OCH3 is 2. The van der Waals surface area contributed by atoms with Gasteiger partial charge in [-0.25, -0.2) is 14.4 Å². The lowest BCUT2D eigenvalue weighted by Gasteiger charge is -2.11. The zero-order chi connectivity index (χ0) is 20.8. The third kappa shape index (κ3) is 4.76. The Morgan fingerprint density at radius 3 is 2.18 bits per heavy atom. The molecule has 9 heteroatoms. The Bertz CT molecular complexity index is 928. The highest BCUT2D eigenvalue weighted by Crippen LogP contribution is 2.20. The van der Waals surface area contributed by atoms with Gasteiger partial charge < -0.3 is 23.9 Å². The van der Waals surface area contributed by atoms with Crippen molar-refractivity contribution in [1.29, 1.82) is 0 Å². The molecule has 0 saturated heterocycles. The third-order valence-electron chi connectivity index (χ3n) is 3.72. The number of nitrogens with one attached hydrogen (secondary N) is 1. The molecule has 0 bridgehead atoms. The molecule has 0 aliphatic carbocycles. The van der Waals surface area contributed by atoms with E-state index >= 15 is 0 Å². The van der Waals surface area contributed by atoms with Crippen molar-refractivity contribution < 1.29 is 37.8 Å². The summed E-state index contributed by atoms with van der Waals surface area (Å²) in [6.07, 6.45) is 0. The fraction of sp³-hybridized carbons (Fsp3) is 0.263. The summed E-state index contributed by atoms with van der Waals surface area (Å²) in [7, 11) is 2.38. The van der Waals surface area contributed by atoms with E-state index in [1.54, 1.807) is 13.8 Å². The molecule has 0 fully saturated rings. The van der Waals surface area contributed by atoms with Crippen LogP contribution in [0.15, 0.2) is 28.7 Å². The van der Waals surface area contributed by atoms with Crippen molar-refractivity contribution in [1.82, 2.24) is 0 Å². The first-order chi connectivity index (χ1) is 13.3. The summed E-state index contributed by atoms with van der Waals surface area (Å²) in [6.45, 7) is 2.68. The first-order valence-electron chi connectivity index (χ1n) is 8.11.